The number of hydrogen-bond donors (Lipinski definition) is 0. The zero-order valence-corrected chi connectivity index (χ0v) is 11.3. The Morgan fingerprint density at radius 2 is 1.53 bits per heavy atom. The Balaban J connectivity index is 1.90. The lowest BCUT2D eigenvalue weighted by Gasteiger charge is -2.03. The van der Waals surface area contributed by atoms with Crippen LogP contribution in [-0.4, -0.2) is 0 Å². The van der Waals surface area contributed by atoms with E-state index in [1.54, 1.807) is 0 Å². The topological polar surface area (TPSA) is 0 Å². The van der Waals surface area contributed by atoms with Gasteiger partial charge in [-0.05, 0) is 36.0 Å². The zero-order valence-electron chi connectivity index (χ0n) is 11.3. The fourth-order valence-electron chi connectivity index (χ4n) is 2.14. The molecule has 96 valence electrons. The second-order valence-electron chi connectivity index (χ2n) is 4.67. The first-order valence-electron chi connectivity index (χ1n) is 6.80. The summed E-state index contributed by atoms with van der Waals surface area (Å²) >= 11 is 0. The second kappa shape index (κ2) is 7.38. The quantitative estimate of drug-likeness (QED) is 0.610. The van der Waals surface area contributed by atoms with E-state index in [1.807, 2.05) is 12.1 Å². The fourth-order valence-corrected chi connectivity index (χ4v) is 2.14. The third kappa shape index (κ3) is 4.59. The van der Waals surface area contributed by atoms with E-state index >= 15 is 0 Å². The molecule has 0 spiro atoms. The first-order valence-corrected chi connectivity index (χ1v) is 6.80. The predicted octanol–water partition coefficient (Wildman–Crippen LogP) is 5.28. The summed E-state index contributed by atoms with van der Waals surface area (Å²) in [4.78, 5) is 0. The molecular weight excluding hydrogens is 228 g/mol. The lowest BCUT2D eigenvalue weighted by molar-refractivity contribution is 0.827. The van der Waals surface area contributed by atoms with Gasteiger partial charge in [0.15, 0.2) is 0 Å². The number of rotatable bonds is 6. The highest BCUT2D eigenvalue weighted by atomic mass is 14.0. The molecule has 0 saturated heterocycles. The van der Waals surface area contributed by atoms with Gasteiger partial charge in [0.2, 0.25) is 0 Å². The summed E-state index contributed by atoms with van der Waals surface area (Å²) in [5, 5.41) is 0. The highest BCUT2D eigenvalue weighted by molar-refractivity contribution is 5.55. The standard InChI is InChI=1S/C19H20/c1-2-17(16-19-12-7-4-8-13-19)14-9-15-18-10-5-3-6-11-18/h2-8,10-13,16H,1,9,14-15H2/b17-16-. The first-order chi connectivity index (χ1) is 9.38. The Morgan fingerprint density at radius 3 is 2.16 bits per heavy atom. The van der Waals surface area contributed by atoms with Crippen molar-refractivity contribution in [3.63, 3.8) is 0 Å². The van der Waals surface area contributed by atoms with E-state index in [1.165, 1.54) is 16.7 Å². The molecule has 0 amide bonds. The molecule has 0 N–H and O–H groups in total. The molecule has 0 aliphatic heterocycles. The normalized spacial score (nSPS) is 11.3. The van der Waals surface area contributed by atoms with Crippen LogP contribution in [0.5, 0.6) is 0 Å². The van der Waals surface area contributed by atoms with E-state index in [0.717, 1.165) is 19.3 Å². The summed E-state index contributed by atoms with van der Waals surface area (Å²) in [5.41, 5.74) is 3.96. The largest absolute Gasteiger partial charge is 0.0988 e. The van der Waals surface area contributed by atoms with Gasteiger partial charge in [0.05, 0.1) is 0 Å². The van der Waals surface area contributed by atoms with Crippen LogP contribution in [0.15, 0.2) is 78.9 Å². The third-order valence-electron chi connectivity index (χ3n) is 3.19. The molecule has 0 aromatic heterocycles. The molecule has 0 heterocycles. The van der Waals surface area contributed by atoms with E-state index < -0.39 is 0 Å². The van der Waals surface area contributed by atoms with Gasteiger partial charge >= 0.3 is 0 Å². The average Bonchev–Trinajstić information content (AvgIpc) is 2.48. The molecule has 0 nitrogen and oxygen atoms in total. The second-order valence-corrected chi connectivity index (χ2v) is 4.67. The summed E-state index contributed by atoms with van der Waals surface area (Å²) in [6.45, 7) is 3.91. The Morgan fingerprint density at radius 1 is 0.895 bits per heavy atom. The molecule has 0 bridgehead atoms. The van der Waals surface area contributed by atoms with Gasteiger partial charge in [0, 0.05) is 0 Å². The van der Waals surface area contributed by atoms with Gasteiger partial charge < -0.3 is 0 Å². The van der Waals surface area contributed by atoms with Gasteiger partial charge in [-0.3, -0.25) is 0 Å². The van der Waals surface area contributed by atoms with Crippen molar-refractivity contribution in [1.29, 1.82) is 0 Å². The molecule has 2 aromatic rings. The maximum Gasteiger partial charge on any atom is -0.0254 e. The van der Waals surface area contributed by atoms with Crippen molar-refractivity contribution in [3.05, 3.63) is 90.0 Å². The molecule has 0 aliphatic carbocycles. The van der Waals surface area contributed by atoms with Crippen molar-refractivity contribution in [1.82, 2.24) is 0 Å². The van der Waals surface area contributed by atoms with Crippen LogP contribution in [0.2, 0.25) is 0 Å². The monoisotopic (exact) mass is 248 g/mol. The third-order valence-corrected chi connectivity index (χ3v) is 3.19. The van der Waals surface area contributed by atoms with Gasteiger partial charge in [-0.15, -0.1) is 0 Å². The Kier molecular flexibility index (Phi) is 5.18. The Hall–Kier alpha value is -2.08. The van der Waals surface area contributed by atoms with E-state index in [2.05, 4.69) is 67.3 Å². The van der Waals surface area contributed by atoms with Gasteiger partial charge in [0.1, 0.15) is 0 Å². The fraction of sp³-hybridized carbons (Fsp3) is 0.158. The molecule has 2 rings (SSSR count). The van der Waals surface area contributed by atoms with Crippen LogP contribution in [0.3, 0.4) is 0 Å². The number of benzene rings is 2. The predicted molar refractivity (Wildman–Crippen MR) is 84.0 cm³/mol. The van der Waals surface area contributed by atoms with E-state index in [4.69, 9.17) is 0 Å². The molecule has 19 heavy (non-hydrogen) atoms. The Labute approximate surface area is 116 Å². The van der Waals surface area contributed by atoms with E-state index in [9.17, 15) is 0 Å². The van der Waals surface area contributed by atoms with Crippen LogP contribution >= 0.6 is 0 Å². The number of aryl methyl sites for hydroxylation is 1. The molecule has 0 saturated carbocycles. The minimum atomic E-state index is 1.08. The maximum absolute atomic E-state index is 3.91. The van der Waals surface area contributed by atoms with Crippen LogP contribution in [0, 0.1) is 0 Å². The lowest BCUT2D eigenvalue weighted by Crippen LogP contribution is -1.87. The average molecular weight is 248 g/mol. The van der Waals surface area contributed by atoms with Crippen molar-refractivity contribution >= 4 is 6.08 Å². The molecule has 0 unspecified atom stereocenters. The van der Waals surface area contributed by atoms with Crippen LogP contribution in [0.25, 0.3) is 6.08 Å². The van der Waals surface area contributed by atoms with Crippen LogP contribution < -0.4 is 0 Å². The van der Waals surface area contributed by atoms with Crippen LogP contribution in [0.1, 0.15) is 24.0 Å². The zero-order chi connectivity index (χ0) is 13.3. The molecule has 0 radical (unpaired) electrons. The highest BCUT2D eigenvalue weighted by Crippen LogP contribution is 2.14. The summed E-state index contributed by atoms with van der Waals surface area (Å²) in [5.74, 6) is 0. The lowest BCUT2D eigenvalue weighted by atomic mass is 10.0. The minimum absolute atomic E-state index is 1.08. The molecule has 0 fully saturated rings. The van der Waals surface area contributed by atoms with Crippen molar-refractivity contribution in [2.45, 2.75) is 19.3 Å². The number of hydrogen-bond acceptors (Lipinski definition) is 0. The van der Waals surface area contributed by atoms with E-state index in [0.29, 0.717) is 0 Å². The van der Waals surface area contributed by atoms with Crippen molar-refractivity contribution < 1.29 is 0 Å². The van der Waals surface area contributed by atoms with Gasteiger partial charge in [0.25, 0.3) is 0 Å². The first kappa shape index (κ1) is 13.4. The molecule has 0 heteroatoms. The Bertz CT molecular complexity index is 520. The molecule has 0 aliphatic rings. The van der Waals surface area contributed by atoms with Crippen molar-refractivity contribution in [2.24, 2.45) is 0 Å². The van der Waals surface area contributed by atoms with Gasteiger partial charge in [-0.25, -0.2) is 0 Å². The van der Waals surface area contributed by atoms with Crippen molar-refractivity contribution in [3.8, 4) is 0 Å². The summed E-state index contributed by atoms with van der Waals surface area (Å²) < 4.78 is 0. The highest BCUT2D eigenvalue weighted by Gasteiger charge is 1.96. The smallest absolute Gasteiger partial charge is 0.0254 e. The van der Waals surface area contributed by atoms with Crippen molar-refractivity contribution in [2.75, 3.05) is 0 Å². The number of allylic oxidation sites excluding steroid dienone is 2. The molecular formula is C19H20. The SMILES string of the molecule is C=C/C(=C/c1ccccc1)CCCc1ccccc1. The minimum Gasteiger partial charge on any atom is -0.0988 e. The van der Waals surface area contributed by atoms with Gasteiger partial charge in [-0.1, -0.05) is 79.4 Å². The maximum atomic E-state index is 3.91. The van der Waals surface area contributed by atoms with Crippen LogP contribution in [0.4, 0.5) is 0 Å². The summed E-state index contributed by atoms with van der Waals surface area (Å²) in [6, 6.07) is 21.1. The van der Waals surface area contributed by atoms with Gasteiger partial charge in [-0.2, -0.15) is 0 Å². The van der Waals surface area contributed by atoms with Crippen LogP contribution in [-0.2, 0) is 6.42 Å². The van der Waals surface area contributed by atoms with E-state index in [-0.39, 0.29) is 0 Å². The molecule has 0 atom stereocenters. The summed E-state index contributed by atoms with van der Waals surface area (Å²) in [7, 11) is 0. The molecule has 2 aromatic carbocycles. The summed E-state index contributed by atoms with van der Waals surface area (Å²) in [6.07, 6.45) is 7.55.